The SMILES string of the molecule is Cc1ccc(C(=O)NC2CC2)cc1NC(=O)c1nnn(-c2ccc(F)cc2)c1C(F)(F)F. The molecule has 0 saturated heterocycles. The minimum absolute atomic E-state index is 0.111. The number of nitrogens with zero attached hydrogens (tertiary/aromatic N) is 3. The normalized spacial score (nSPS) is 13.7. The largest absolute Gasteiger partial charge is 0.435 e. The zero-order valence-electron chi connectivity index (χ0n) is 16.7. The van der Waals surface area contributed by atoms with Gasteiger partial charge < -0.3 is 10.6 Å². The average Bonchev–Trinajstić information content (AvgIpc) is 3.42. The van der Waals surface area contributed by atoms with Gasteiger partial charge in [-0.2, -0.15) is 13.2 Å². The lowest BCUT2D eigenvalue weighted by atomic mass is 10.1. The maximum atomic E-state index is 13.8. The predicted molar refractivity (Wildman–Crippen MR) is 106 cm³/mol. The van der Waals surface area contributed by atoms with Crippen molar-refractivity contribution in [1.29, 1.82) is 0 Å². The molecule has 1 saturated carbocycles. The summed E-state index contributed by atoms with van der Waals surface area (Å²) in [5.41, 5.74) is -1.48. The highest BCUT2D eigenvalue weighted by molar-refractivity contribution is 6.05. The van der Waals surface area contributed by atoms with Crippen LogP contribution >= 0.6 is 0 Å². The molecule has 166 valence electrons. The smallest absolute Gasteiger partial charge is 0.349 e. The Morgan fingerprint density at radius 3 is 2.38 bits per heavy atom. The van der Waals surface area contributed by atoms with Crippen LogP contribution in [-0.4, -0.2) is 32.9 Å². The van der Waals surface area contributed by atoms with Gasteiger partial charge in [0, 0.05) is 17.3 Å². The summed E-state index contributed by atoms with van der Waals surface area (Å²) >= 11 is 0. The minimum atomic E-state index is -4.97. The predicted octanol–water partition coefficient (Wildman–Crippen LogP) is 3.88. The first kappa shape index (κ1) is 21.5. The van der Waals surface area contributed by atoms with Crippen molar-refractivity contribution >= 4 is 17.5 Å². The molecule has 32 heavy (non-hydrogen) atoms. The van der Waals surface area contributed by atoms with Crippen LogP contribution in [0.15, 0.2) is 42.5 Å². The summed E-state index contributed by atoms with van der Waals surface area (Å²) in [6.45, 7) is 1.64. The van der Waals surface area contributed by atoms with Crippen molar-refractivity contribution < 1.29 is 27.2 Å². The Morgan fingerprint density at radius 1 is 1.06 bits per heavy atom. The number of aromatic nitrogens is 3. The lowest BCUT2D eigenvalue weighted by Crippen LogP contribution is -2.25. The van der Waals surface area contributed by atoms with Crippen LogP contribution in [0.4, 0.5) is 23.2 Å². The topological polar surface area (TPSA) is 88.9 Å². The first-order chi connectivity index (χ1) is 15.1. The summed E-state index contributed by atoms with van der Waals surface area (Å²) < 4.78 is 54.9. The zero-order valence-corrected chi connectivity index (χ0v) is 16.7. The quantitative estimate of drug-likeness (QED) is 0.581. The lowest BCUT2D eigenvalue weighted by Gasteiger charge is -2.13. The van der Waals surface area contributed by atoms with Crippen LogP contribution in [0.3, 0.4) is 0 Å². The van der Waals surface area contributed by atoms with Crippen LogP contribution in [0.25, 0.3) is 5.69 Å². The Morgan fingerprint density at radius 2 is 1.75 bits per heavy atom. The highest BCUT2D eigenvalue weighted by Gasteiger charge is 2.42. The van der Waals surface area contributed by atoms with E-state index in [9.17, 15) is 27.2 Å². The minimum Gasteiger partial charge on any atom is -0.349 e. The Kier molecular flexibility index (Phi) is 5.41. The van der Waals surface area contributed by atoms with Crippen LogP contribution in [0, 0.1) is 12.7 Å². The number of benzene rings is 2. The van der Waals surface area contributed by atoms with Gasteiger partial charge in [-0.15, -0.1) is 5.10 Å². The van der Waals surface area contributed by atoms with Crippen molar-refractivity contribution in [3.8, 4) is 5.69 Å². The molecule has 0 bridgehead atoms. The number of aryl methyl sites for hydroxylation is 1. The molecule has 0 atom stereocenters. The van der Waals surface area contributed by atoms with Gasteiger partial charge in [0.25, 0.3) is 11.8 Å². The molecule has 1 aliphatic rings. The van der Waals surface area contributed by atoms with E-state index in [4.69, 9.17) is 0 Å². The molecule has 0 radical (unpaired) electrons. The molecular weight excluding hydrogens is 430 g/mol. The number of carbonyl (C=O) groups excluding carboxylic acids is 2. The van der Waals surface area contributed by atoms with Crippen molar-refractivity contribution in [1.82, 2.24) is 20.3 Å². The summed E-state index contributed by atoms with van der Waals surface area (Å²) in [5, 5.41) is 12.1. The van der Waals surface area contributed by atoms with Gasteiger partial charge in [0.15, 0.2) is 11.4 Å². The molecule has 7 nitrogen and oxygen atoms in total. The molecule has 1 fully saturated rings. The standard InChI is InChI=1S/C21H17F4N5O2/c1-11-2-3-12(19(31)26-14-6-7-14)10-16(11)27-20(32)17-18(21(23,24)25)30(29-28-17)15-8-4-13(22)5-9-15/h2-5,8-10,14H,6-7H2,1H3,(H,26,31)(H,27,32). The highest BCUT2D eigenvalue weighted by Crippen LogP contribution is 2.33. The number of hydrogen-bond acceptors (Lipinski definition) is 4. The monoisotopic (exact) mass is 447 g/mol. The van der Waals surface area contributed by atoms with E-state index in [-0.39, 0.29) is 28.9 Å². The van der Waals surface area contributed by atoms with Crippen molar-refractivity contribution in [2.75, 3.05) is 5.32 Å². The van der Waals surface area contributed by atoms with E-state index >= 15 is 0 Å². The molecule has 1 heterocycles. The number of halogens is 4. The Balaban J connectivity index is 1.65. The van der Waals surface area contributed by atoms with Gasteiger partial charge in [0.1, 0.15) is 5.82 Å². The van der Waals surface area contributed by atoms with Gasteiger partial charge in [0.05, 0.1) is 5.69 Å². The molecule has 0 spiro atoms. The van der Waals surface area contributed by atoms with Gasteiger partial charge in [-0.25, -0.2) is 9.07 Å². The molecule has 0 aliphatic heterocycles. The Bertz CT molecular complexity index is 1180. The molecule has 3 aromatic rings. The van der Waals surface area contributed by atoms with Crippen LogP contribution in [0.5, 0.6) is 0 Å². The molecule has 4 rings (SSSR count). The van der Waals surface area contributed by atoms with E-state index in [1.807, 2.05) is 0 Å². The number of carbonyl (C=O) groups is 2. The van der Waals surface area contributed by atoms with Gasteiger partial charge in [0.2, 0.25) is 0 Å². The number of rotatable bonds is 5. The van der Waals surface area contributed by atoms with Crippen LogP contribution in [0.1, 0.15) is 44.9 Å². The number of nitrogens with one attached hydrogen (secondary N) is 2. The first-order valence-electron chi connectivity index (χ1n) is 9.65. The van der Waals surface area contributed by atoms with E-state index in [0.717, 1.165) is 37.1 Å². The number of amides is 2. The molecular formula is C21H17F4N5O2. The molecule has 0 unspecified atom stereocenters. The third-order valence-electron chi connectivity index (χ3n) is 4.89. The Hall–Kier alpha value is -3.76. The molecule has 1 aromatic heterocycles. The van der Waals surface area contributed by atoms with Crippen molar-refractivity contribution in [2.24, 2.45) is 0 Å². The second-order valence-electron chi connectivity index (χ2n) is 7.40. The van der Waals surface area contributed by atoms with E-state index < -0.39 is 29.3 Å². The van der Waals surface area contributed by atoms with Gasteiger partial charge >= 0.3 is 6.18 Å². The van der Waals surface area contributed by atoms with Crippen LogP contribution in [-0.2, 0) is 6.18 Å². The number of anilines is 1. The third-order valence-corrected chi connectivity index (χ3v) is 4.89. The van der Waals surface area contributed by atoms with Crippen LogP contribution in [0.2, 0.25) is 0 Å². The number of alkyl halides is 3. The van der Waals surface area contributed by atoms with Gasteiger partial charge in [-0.05, 0) is 61.7 Å². The lowest BCUT2D eigenvalue weighted by molar-refractivity contribution is -0.143. The average molecular weight is 447 g/mol. The fourth-order valence-corrected chi connectivity index (χ4v) is 3.03. The molecule has 2 aromatic carbocycles. The van der Waals surface area contributed by atoms with Gasteiger partial charge in [-0.1, -0.05) is 11.3 Å². The van der Waals surface area contributed by atoms with Gasteiger partial charge in [-0.3, -0.25) is 9.59 Å². The zero-order chi connectivity index (χ0) is 23.0. The summed E-state index contributed by atoms with van der Waals surface area (Å²) in [6.07, 6.45) is -3.18. The summed E-state index contributed by atoms with van der Waals surface area (Å²) in [7, 11) is 0. The fourth-order valence-electron chi connectivity index (χ4n) is 3.03. The molecule has 1 aliphatic carbocycles. The molecule has 2 amide bonds. The fraction of sp³-hybridized carbons (Fsp3) is 0.238. The maximum absolute atomic E-state index is 13.8. The van der Waals surface area contributed by atoms with E-state index in [0.29, 0.717) is 10.2 Å². The van der Waals surface area contributed by atoms with Crippen molar-refractivity contribution in [3.05, 3.63) is 70.8 Å². The summed E-state index contributed by atoms with van der Waals surface area (Å²) in [5.74, 6) is -2.11. The van der Waals surface area contributed by atoms with Crippen molar-refractivity contribution in [2.45, 2.75) is 32.0 Å². The van der Waals surface area contributed by atoms with Crippen LogP contribution < -0.4 is 10.6 Å². The summed E-state index contributed by atoms with van der Waals surface area (Å²) in [4.78, 5) is 25.0. The molecule has 2 N–H and O–H groups in total. The van der Waals surface area contributed by atoms with E-state index in [1.54, 1.807) is 19.1 Å². The second kappa shape index (κ2) is 8.06. The maximum Gasteiger partial charge on any atom is 0.435 e. The second-order valence-corrected chi connectivity index (χ2v) is 7.40. The van der Waals surface area contributed by atoms with E-state index in [1.165, 1.54) is 6.07 Å². The third kappa shape index (κ3) is 4.46. The number of hydrogen-bond donors (Lipinski definition) is 2. The first-order valence-corrected chi connectivity index (χ1v) is 9.65. The van der Waals surface area contributed by atoms with Crippen molar-refractivity contribution in [3.63, 3.8) is 0 Å². The summed E-state index contributed by atoms with van der Waals surface area (Å²) in [6, 6.07) is 8.78. The highest BCUT2D eigenvalue weighted by atomic mass is 19.4. The Labute approximate surface area is 179 Å². The van der Waals surface area contributed by atoms with E-state index in [2.05, 4.69) is 20.9 Å². The molecule has 11 heteroatoms.